The lowest BCUT2D eigenvalue weighted by molar-refractivity contribution is 0.414. The van der Waals surface area contributed by atoms with Gasteiger partial charge in [-0.2, -0.15) is 0 Å². The van der Waals surface area contributed by atoms with Crippen LogP contribution in [0.5, 0.6) is 5.75 Å². The van der Waals surface area contributed by atoms with Crippen molar-refractivity contribution < 1.29 is 4.74 Å². The SMILES string of the molecule is CNCCC=C(C)c1ccc(OC)cc1C. The van der Waals surface area contributed by atoms with E-state index in [-0.39, 0.29) is 0 Å². The van der Waals surface area contributed by atoms with E-state index in [0.29, 0.717) is 0 Å². The molecule has 0 radical (unpaired) electrons. The monoisotopic (exact) mass is 219 g/mol. The molecule has 0 fully saturated rings. The van der Waals surface area contributed by atoms with Crippen LogP contribution in [0.15, 0.2) is 24.3 Å². The predicted molar refractivity (Wildman–Crippen MR) is 69.9 cm³/mol. The van der Waals surface area contributed by atoms with Crippen LogP contribution in [0, 0.1) is 6.92 Å². The van der Waals surface area contributed by atoms with Gasteiger partial charge in [-0.25, -0.2) is 0 Å². The van der Waals surface area contributed by atoms with Crippen LogP contribution >= 0.6 is 0 Å². The van der Waals surface area contributed by atoms with Gasteiger partial charge in [0.15, 0.2) is 0 Å². The van der Waals surface area contributed by atoms with Gasteiger partial charge < -0.3 is 10.1 Å². The highest BCUT2D eigenvalue weighted by Gasteiger charge is 2.01. The first-order chi connectivity index (χ1) is 7.69. The number of hydrogen-bond donors (Lipinski definition) is 1. The first kappa shape index (κ1) is 12.8. The number of benzene rings is 1. The average molecular weight is 219 g/mol. The van der Waals surface area contributed by atoms with Crippen LogP contribution in [0.4, 0.5) is 0 Å². The second-order valence-corrected chi connectivity index (χ2v) is 3.96. The highest BCUT2D eigenvalue weighted by molar-refractivity contribution is 5.67. The number of ether oxygens (including phenoxy) is 1. The van der Waals surface area contributed by atoms with E-state index in [1.165, 1.54) is 16.7 Å². The Balaban J connectivity index is 2.83. The second-order valence-electron chi connectivity index (χ2n) is 3.96. The highest BCUT2D eigenvalue weighted by atomic mass is 16.5. The van der Waals surface area contributed by atoms with Crippen molar-refractivity contribution in [2.75, 3.05) is 20.7 Å². The largest absolute Gasteiger partial charge is 0.497 e. The van der Waals surface area contributed by atoms with Crippen molar-refractivity contribution in [2.24, 2.45) is 0 Å². The maximum absolute atomic E-state index is 5.20. The maximum atomic E-state index is 5.20. The summed E-state index contributed by atoms with van der Waals surface area (Å²) in [5, 5.41) is 3.14. The van der Waals surface area contributed by atoms with Crippen LogP contribution < -0.4 is 10.1 Å². The molecule has 0 saturated heterocycles. The molecule has 0 unspecified atom stereocenters. The Morgan fingerprint density at radius 3 is 2.75 bits per heavy atom. The molecule has 0 aliphatic rings. The van der Waals surface area contributed by atoms with Gasteiger partial charge in [-0.3, -0.25) is 0 Å². The van der Waals surface area contributed by atoms with Crippen molar-refractivity contribution in [1.82, 2.24) is 5.32 Å². The van der Waals surface area contributed by atoms with E-state index in [1.807, 2.05) is 13.1 Å². The average Bonchev–Trinajstić information content (AvgIpc) is 2.29. The maximum Gasteiger partial charge on any atom is 0.119 e. The fourth-order valence-electron chi connectivity index (χ4n) is 1.75. The highest BCUT2D eigenvalue weighted by Crippen LogP contribution is 2.23. The fraction of sp³-hybridized carbons (Fsp3) is 0.429. The van der Waals surface area contributed by atoms with Crippen LogP contribution in [0.1, 0.15) is 24.5 Å². The molecular weight excluding hydrogens is 198 g/mol. The number of rotatable bonds is 5. The Hall–Kier alpha value is -1.28. The third-order valence-corrected chi connectivity index (χ3v) is 2.70. The normalized spacial score (nSPS) is 11.6. The van der Waals surface area contributed by atoms with Crippen molar-refractivity contribution in [3.05, 3.63) is 35.4 Å². The van der Waals surface area contributed by atoms with Gasteiger partial charge in [0.05, 0.1) is 7.11 Å². The van der Waals surface area contributed by atoms with Crippen molar-refractivity contribution >= 4 is 5.57 Å². The molecule has 1 rings (SSSR count). The molecule has 0 atom stereocenters. The third kappa shape index (κ3) is 3.38. The molecule has 2 heteroatoms. The van der Waals surface area contributed by atoms with Crippen molar-refractivity contribution in [3.8, 4) is 5.75 Å². The van der Waals surface area contributed by atoms with Crippen LogP contribution in [-0.4, -0.2) is 20.7 Å². The van der Waals surface area contributed by atoms with Crippen molar-refractivity contribution in [1.29, 1.82) is 0 Å². The van der Waals surface area contributed by atoms with E-state index in [2.05, 4.69) is 37.4 Å². The summed E-state index contributed by atoms with van der Waals surface area (Å²) in [6, 6.07) is 6.21. The molecule has 0 saturated carbocycles. The molecule has 2 nitrogen and oxygen atoms in total. The summed E-state index contributed by atoms with van der Waals surface area (Å²) in [5.74, 6) is 0.921. The first-order valence-electron chi connectivity index (χ1n) is 5.65. The number of allylic oxidation sites excluding steroid dienone is 1. The zero-order chi connectivity index (χ0) is 12.0. The molecule has 1 aromatic rings. The Kier molecular flexibility index (Phi) is 5.06. The van der Waals surface area contributed by atoms with Crippen molar-refractivity contribution in [3.63, 3.8) is 0 Å². The second kappa shape index (κ2) is 6.33. The zero-order valence-electron chi connectivity index (χ0n) is 10.6. The van der Waals surface area contributed by atoms with E-state index in [9.17, 15) is 0 Å². The minimum atomic E-state index is 0.921. The minimum Gasteiger partial charge on any atom is -0.497 e. The molecule has 0 aliphatic carbocycles. The zero-order valence-corrected chi connectivity index (χ0v) is 10.6. The predicted octanol–water partition coefficient (Wildman–Crippen LogP) is 3.02. The van der Waals surface area contributed by atoms with Gasteiger partial charge in [-0.1, -0.05) is 12.1 Å². The first-order valence-corrected chi connectivity index (χ1v) is 5.65. The minimum absolute atomic E-state index is 0.921. The van der Waals surface area contributed by atoms with Gasteiger partial charge in [-0.05, 0) is 62.7 Å². The van der Waals surface area contributed by atoms with Crippen LogP contribution in [-0.2, 0) is 0 Å². The number of methoxy groups -OCH3 is 1. The molecule has 0 amide bonds. The number of nitrogens with one attached hydrogen (secondary N) is 1. The molecule has 0 spiro atoms. The molecule has 1 N–H and O–H groups in total. The van der Waals surface area contributed by atoms with Gasteiger partial charge in [0.25, 0.3) is 0 Å². The van der Waals surface area contributed by atoms with E-state index < -0.39 is 0 Å². The lowest BCUT2D eigenvalue weighted by atomic mass is 10.0. The third-order valence-electron chi connectivity index (χ3n) is 2.70. The van der Waals surface area contributed by atoms with Crippen LogP contribution in [0.3, 0.4) is 0 Å². The lowest BCUT2D eigenvalue weighted by Gasteiger charge is -2.08. The summed E-state index contributed by atoms with van der Waals surface area (Å²) in [5.41, 5.74) is 3.89. The molecular formula is C14H21NO. The number of hydrogen-bond acceptors (Lipinski definition) is 2. The quantitative estimate of drug-likeness (QED) is 0.769. The smallest absolute Gasteiger partial charge is 0.119 e. The lowest BCUT2D eigenvalue weighted by Crippen LogP contribution is -2.06. The van der Waals surface area contributed by atoms with Gasteiger partial charge in [0, 0.05) is 0 Å². The van der Waals surface area contributed by atoms with E-state index in [1.54, 1.807) is 7.11 Å². The van der Waals surface area contributed by atoms with E-state index in [4.69, 9.17) is 4.74 Å². The fourth-order valence-corrected chi connectivity index (χ4v) is 1.75. The molecule has 0 aromatic heterocycles. The summed E-state index contributed by atoms with van der Waals surface area (Å²) in [7, 11) is 3.67. The molecule has 88 valence electrons. The summed E-state index contributed by atoms with van der Waals surface area (Å²) >= 11 is 0. The Labute approximate surface area is 98.3 Å². The topological polar surface area (TPSA) is 21.3 Å². The van der Waals surface area contributed by atoms with Crippen LogP contribution in [0.2, 0.25) is 0 Å². The Bertz CT molecular complexity index is 369. The Morgan fingerprint density at radius 2 is 2.19 bits per heavy atom. The standard InChI is InChI=1S/C14H21NO/c1-11(6-5-9-15-3)14-8-7-13(16-4)10-12(14)2/h6-8,10,15H,5,9H2,1-4H3. The summed E-state index contributed by atoms with van der Waals surface area (Å²) in [4.78, 5) is 0. The van der Waals surface area contributed by atoms with Crippen molar-refractivity contribution in [2.45, 2.75) is 20.3 Å². The van der Waals surface area contributed by atoms with E-state index in [0.717, 1.165) is 18.7 Å². The van der Waals surface area contributed by atoms with Crippen LogP contribution in [0.25, 0.3) is 5.57 Å². The van der Waals surface area contributed by atoms with Gasteiger partial charge in [0.1, 0.15) is 5.75 Å². The molecule has 16 heavy (non-hydrogen) atoms. The number of aryl methyl sites for hydroxylation is 1. The summed E-state index contributed by atoms with van der Waals surface area (Å²) in [6.07, 6.45) is 3.33. The summed E-state index contributed by atoms with van der Waals surface area (Å²) in [6.45, 7) is 5.30. The molecule has 0 bridgehead atoms. The summed E-state index contributed by atoms with van der Waals surface area (Å²) < 4.78 is 5.20. The molecule has 1 aromatic carbocycles. The molecule has 0 heterocycles. The van der Waals surface area contributed by atoms with Gasteiger partial charge >= 0.3 is 0 Å². The molecule has 0 aliphatic heterocycles. The van der Waals surface area contributed by atoms with Gasteiger partial charge in [0.2, 0.25) is 0 Å². The van der Waals surface area contributed by atoms with Gasteiger partial charge in [-0.15, -0.1) is 0 Å². The van der Waals surface area contributed by atoms with E-state index >= 15 is 0 Å². The Morgan fingerprint density at radius 1 is 1.44 bits per heavy atom.